The molecule has 19 heavy (non-hydrogen) atoms. The normalized spacial score (nSPS) is 20.5. The molecule has 2 nitrogen and oxygen atoms in total. The van der Waals surface area contributed by atoms with E-state index in [4.69, 9.17) is 0 Å². The van der Waals surface area contributed by atoms with Crippen molar-refractivity contribution in [2.75, 3.05) is 19.6 Å². The molecule has 0 aliphatic heterocycles. The molecule has 0 aromatic rings. The molecule has 0 amide bonds. The fraction of sp³-hybridized carbons (Fsp3) is 1.00. The van der Waals surface area contributed by atoms with E-state index in [0.29, 0.717) is 11.5 Å². The quantitative estimate of drug-likeness (QED) is 0.649. The summed E-state index contributed by atoms with van der Waals surface area (Å²) in [5.41, 5.74) is 0.488. The van der Waals surface area contributed by atoms with Crippen LogP contribution in [0.5, 0.6) is 0 Å². The van der Waals surface area contributed by atoms with Crippen molar-refractivity contribution in [3.63, 3.8) is 0 Å². The van der Waals surface area contributed by atoms with E-state index in [1.807, 2.05) is 0 Å². The Labute approximate surface area is 120 Å². The molecule has 2 rings (SSSR count). The third kappa shape index (κ3) is 4.75. The van der Waals surface area contributed by atoms with Gasteiger partial charge in [-0.1, -0.05) is 27.7 Å². The second-order valence-electron chi connectivity index (χ2n) is 7.35. The summed E-state index contributed by atoms with van der Waals surface area (Å²) < 4.78 is 0. The molecular formula is C17H34N2. The van der Waals surface area contributed by atoms with E-state index in [1.165, 1.54) is 58.2 Å². The highest BCUT2D eigenvalue weighted by Gasteiger charge is 2.38. The molecule has 0 unspecified atom stereocenters. The van der Waals surface area contributed by atoms with E-state index in [1.54, 1.807) is 0 Å². The third-order valence-electron chi connectivity index (χ3n) is 5.18. The van der Waals surface area contributed by atoms with Gasteiger partial charge in [0.15, 0.2) is 0 Å². The van der Waals surface area contributed by atoms with Gasteiger partial charge in [0.2, 0.25) is 0 Å². The Morgan fingerprint density at radius 2 is 1.74 bits per heavy atom. The summed E-state index contributed by atoms with van der Waals surface area (Å²) in [6, 6.07) is 1.53. The number of nitrogens with one attached hydrogen (secondary N) is 1. The molecule has 2 aliphatic carbocycles. The van der Waals surface area contributed by atoms with Gasteiger partial charge in [0.1, 0.15) is 0 Å². The molecule has 0 atom stereocenters. The maximum absolute atomic E-state index is 3.70. The summed E-state index contributed by atoms with van der Waals surface area (Å²) in [4.78, 5) is 2.84. The largest absolute Gasteiger partial charge is 0.314 e. The van der Waals surface area contributed by atoms with Crippen molar-refractivity contribution in [2.45, 2.75) is 78.3 Å². The zero-order valence-corrected chi connectivity index (χ0v) is 13.5. The van der Waals surface area contributed by atoms with Crippen LogP contribution in [-0.4, -0.2) is 36.6 Å². The smallest absolute Gasteiger partial charge is 0.00967 e. The Balaban J connectivity index is 1.91. The molecule has 0 heterocycles. The predicted molar refractivity (Wildman–Crippen MR) is 83.5 cm³/mol. The average molecular weight is 266 g/mol. The predicted octanol–water partition coefficient (Wildman–Crippen LogP) is 3.67. The van der Waals surface area contributed by atoms with Crippen LogP contribution in [0.3, 0.4) is 0 Å². The van der Waals surface area contributed by atoms with Crippen LogP contribution in [0.4, 0.5) is 0 Å². The molecule has 1 N–H and O–H groups in total. The average Bonchev–Trinajstić information content (AvgIpc) is 3.26. The van der Waals surface area contributed by atoms with E-state index < -0.39 is 0 Å². The molecule has 0 saturated heterocycles. The van der Waals surface area contributed by atoms with Gasteiger partial charge in [0.05, 0.1) is 0 Å². The zero-order chi connectivity index (χ0) is 13.9. The van der Waals surface area contributed by atoms with Crippen LogP contribution in [-0.2, 0) is 0 Å². The van der Waals surface area contributed by atoms with Crippen LogP contribution in [0.25, 0.3) is 0 Å². The van der Waals surface area contributed by atoms with Gasteiger partial charge in [-0.2, -0.15) is 0 Å². The van der Waals surface area contributed by atoms with Crippen molar-refractivity contribution in [1.82, 2.24) is 10.2 Å². The van der Waals surface area contributed by atoms with Gasteiger partial charge in [-0.05, 0) is 49.9 Å². The summed E-state index contributed by atoms with van der Waals surface area (Å²) in [5.74, 6) is 1.03. The van der Waals surface area contributed by atoms with Crippen LogP contribution in [0.1, 0.15) is 66.2 Å². The number of hydrogen-bond donors (Lipinski definition) is 1. The first-order chi connectivity index (χ1) is 9.08. The fourth-order valence-electron chi connectivity index (χ4n) is 3.05. The van der Waals surface area contributed by atoms with E-state index in [2.05, 4.69) is 37.9 Å². The van der Waals surface area contributed by atoms with Gasteiger partial charge < -0.3 is 5.32 Å². The first-order valence-corrected chi connectivity index (χ1v) is 8.56. The van der Waals surface area contributed by atoms with Crippen LogP contribution in [0.15, 0.2) is 0 Å². The minimum atomic E-state index is 0.488. The monoisotopic (exact) mass is 266 g/mol. The second kappa shape index (κ2) is 6.58. The summed E-state index contributed by atoms with van der Waals surface area (Å²) >= 11 is 0. The van der Waals surface area contributed by atoms with Crippen LogP contribution in [0, 0.1) is 11.3 Å². The summed E-state index contributed by atoms with van der Waals surface area (Å²) in [5, 5.41) is 3.70. The zero-order valence-electron chi connectivity index (χ0n) is 13.5. The number of nitrogens with zero attached hydrogens (tertiary/aromatic N) is 1. The van der Waals surface area contributed by atoms with Crippen LogP contribution in [0.2, 0.25) is 0 Å². The molecule has 0 aromatic carbocycles. The first-order valence-electron chi connectivity index (χ1n) is 8.56. The van der Waals surface area contributed by atoms with Gasteiger partial charge in [-0.25, -0.2) is 0 Å². The molecule has 2 saturated carbocycles. The molecule has 0 aromatic heterocycles. The SMILES string of the molecule is CCC(CC)(CNC(C)C)CN(CC1CC1)C1CC1. The van der Waals surface area contributed by atoms with E-state index in [0.717, 1.165) is 12.0 Å². The lowest BCUT2D eigenvalue weighted by molar-refractivity contribution is 0.121. The van der Waals surface area contributed by atoms with E-state index >= 15 is 0 Å². The molecule has 0 radical (unpaired) electrons. The highest BCUT2D eigenvalue weighted by molar-refractivity contribution is 4.93. The van der Waals surface area contributed by atoms with E-state index in [-0.39, 0.29) is 0 Å². The van der Waals surface area contributed by atoms with Gasteiger partial charge in [0.25, 0.3) is 0 Å². The fourth-order valence-corrected chi connectivity index (χ4v) is 3.05. The maximum atomic E-state index is 3.70. The Morgan fingerprint density at radius 1 is 1.11 bits per heavy atom. The Morgan fingerprint density at radius 3 is 2.16 bits per heavy atom. The molecule has 0 bridgehead atoms. The van der Waals surface area contributed by atoms with Gasteiger partial charge in [0, 0.05) is 31.7 Å². The number of rotatable bonds is 10. The second-order valence-corrected chi connectivity index (χ2v) is 7.35. The highest BCUT2D eigenvalue weighted by atomic mass is 15.2. The Kier molecular flexibility index (Phi) is 5.30. The minimum absolute atomic E-state index is 0.488. The molecule has 2 heteroatoms. The summed E-state index contributed by atoms with van der Waals surface area (Å²) in [7, 11) is 0. The van der Waals surface area contributed by atoms with Crippen molar-refractivity contribution in [1.29, 1.82) is 0 Å². The molecule has 2 aliphatic rings. The van der Waals surface area contributed by atoms with Gasteiger partial charge >= 0.3 is 0 Å². The van der Waals surface area contributed by atoms with E-state index in [9.17, 15) is 0 Å². The van der Waals surface area contributed by atoms with Crippen molar-refractivity contribution < 1.29 is 0 Å². The lowest BCUT2D eigenvalue weighted by Gasteiger charge is -2.38. The van der Waals surface area contributed by atoms with Crippen LogP contribution >= 0.6 is 0 Å². The highest BCUT2D eigenvalue weighted by Crippen LogP contribution is 2.38. The Hall–Kier alpha value is -0.0800. The van der Waals surface area contributed by atoms with Gasteiger partial charge in [-0.15, -0.1) is 0 Å². The molecule has 2 fully saturated rings. The van der Waals surface area contributed by atoms with Crippen molar-refractivity contribution >= 4 is 0 Å². The summed E-state index contributed by atoms with van der Waals surface area (Å²) in [6.45, 7) is 13.2. The van der Waals surface area contributed by atoms with Crippen molar-refractivity contribution in [3.8, 4) is 0 Å². The van der Waals surface area contributed by atoms with Crippen molar-refractivity contribution in [3.05, 3.63) is 0 Å². The minimum Gasteiger partial charge on any atom is -0.314 e. The standard InChI is InChI=1S/C17H34N2/c1-5-17(6-2,12-18-14(3)4)13-19(16-9-10-16)11-15-7-8-15/h14-16,18H,5-13H2,1-4H3. The first kappa shape index (κ1) is 15.3. The van der Waals surface area contributed by atoms with Crippen LogP contribution < -0.4 is 5.32 Å². The van der Waals surface area contributed by atoms with Gasteiger partial charge in [-0.3, -0.25) is 4.90 Å². The lowest BCUT2D eigenvalue weighted by atomic mass is 9.81. The summed E-state index contributed by atoms with van der Waals surface area (Å²) in [6.07, 6.45) is 8.48. The third-order valence-corrected chi connectivity index (χ3v) is 5.18. The Bertz CT molecular complexity index is 262. The lowest BCUT2D eigenvalue weighted by Crippen LogP contribution is -2.46. The maximum Gasteiger partial charge on any atom is 0.00967 e. The molecule has 112 valence electrons. The number of hydrogen-bond acceptors (Lipinski definition) is 2. The van der Waals surface area contributed by atoms with Crippen molar-refractivity contribution in [2.24, 2.45) is 11.3 Å². The topological polar surface area (TPSA) is 15.3 Å². The molecule has 0 spiro atoms. The molecular weight excluding hydrogens is 232 g/mol.